The topological polar surface area (TPSA) is 0 Å². The molecular formula is C14H18. The van der Waals surface area contributed by atoms with E-state index in [1.165, 1.54) is 12.8 Å². The molecule has 6 atom stereocenters. The molecule has 0 spiro atoms. The van der Waals surface area contributed by atoms with Gasteiger partial charge in [-0.25, -0.2) is 0 Å². The third kappa shape index (κ3) is 0.610. The van der Waals surface area contributed by atoms with Gasteiger partial charge in [0.25, 0.3) is 0 Å². The number of fused-ring (bicyclic) bond motifs is 2. The summed E-state index contributed by atoms with van der Waals surface area (Å²) in [6.45, 7) is 9.07. The number of hydrogen-bond donors (Lipinski definition) is 0. The van der Waals surface area contributed by atoms with Gasteiger partial charge >= 0.3 is 0 Å². The van der Waals surface area contributed by atoms with E-state index >= 15 is 0 Å². The number of hydrogen-bond acceptors (Lipinski definition) is 0. The molecule has 0 aliphatic heterocycles. The molecule has 74 valence electrons. The first-order valence-electron chi connectivity index (χ1n) is 6.09. The molecule has 3 saturated carbocycles. The fourth-order valence-corrected chi connectivity index (χ4v) is 5.06. The molecule has 0 heteroatoms. The minimum Gasteiger partial charge on any atom is -0.0992 e. The molecule has 0 bridgehead atoms. The van der Waals surface area contributed by atoms with Crippen LogP contribution in [0, 0.1) is 35.5 Å². The van der Waals surface area contributed by atoms with Crippen LogP contribution < -0.4 is 0 Å². The second-order valence-electron chi connectivity index (χ2n) is 6.03. The molecule has 0 nitrogen and oxygen atoms in total. The fraction of sp³-hybridized carbons (Fsp3) is 0.714. The summed E-state index contributed by atoms with van der Waals surface area (Å²) in [5, 5.41) is 0. The van der Waals surface area contributed by atoms with Gasteiger partial charge in [-0.2, -0.15) is 0 Å². The lowest BCUT2D eigenvalue weighted by Gasteiger charge is -2.44. The van der Waals surface area contributed by atoms with Gasteiger partial charge in [-0.1, -0.05) is 30.2 Å². The highest BCUT2D eigenvalue weighted by Crippen LogP contribution is 2.72. The Morgan fingerprint density at radius 3 is 2.71 bits per heavy atom. The molecule has 4 aliphatic carbocycles. The van der Waals surface area contributed by atoms with Gasteiger partial charge in [0.1, 0.15) is 0 Å². The summed E-state index contributed by atoms with van der Waals surface area (Å²) in [6.07, 6.45) is 2.95. The molecule has 3 fully saturated rings. The van der Waals surface area contributed by atoms with E-state index in [0.29, 0.717) is 0 Å². The van der Waals surface area contributed by atoms with E-state index in [4.69, 9.17) is 0 Å². The Labute approximate surface area is 86.1 Å². The van der Waals surface area contributed by atoms with Crippen LogP contribution in [0.25, 0.3) is 0 Å². The Morgan fingerprint density at radius 2 is 1.93 bits per heavy atom. The van der Waals surface area contributed by atoms with E-state index < -0.39 is 0 Å². The van der Waals surface area contributed by atoms with Gasteiger partial charge in [-0.3, -0.25) is 0 Å². The average Bonchev–Trinajstić information content (AvgIpc) is 2.62. The van der Waals surface area contributed by atoms with Gasteiger partial charge in [0.2, 0.25) is 0 Å². The summed E-state index contributed by atoms with van der Waals surface area (Å²) < 4.78 is 0. The predicted molar refractivity (Wildman–Crippen MR) is 57.7 cm³/mol. The lowest BCUT2D eigenvalue weighted by Crippen LogP contribution is -2.36. The average molecular weight is 186 g/mol. The molecule has 0 aromatic rings. The summed E-state index contributed by atoms with van der Waals surface area (Å²) in [6, 6.07) is 0. The van der Waals surface area contributed by atoms with Crippen molar-refractivity contribution in [2.75, 3.05) is 0 Å². The van der Waals surface area contributed by atoms with Crippen molar-refractivity contribution in [1.29, 1.82) is 0 Å². The standard InChI is InChI=1S/C14H18/c1-6-4-9-5-10-7(2)12(10)13-8(3)11(6)14(9)13/h6,9-10,12-14H,2,4-5H2,1,3H3. The molecular weight excluding hydrogens is 168 g/mol. The highest BCUT2D eigenvalue weighted by Gasteiger charge is 2.63. The van der Waals surface area contributed by atoms with Gasteiger partial charge < -0.3 is 0 Å². The smallest absolute Gasteiger partial charge is 0.00632 e. The normalized spacial score (nSPS) is 58.0. The Hall–Kier alpha value is -0.520. The zero-order chi connectivity index (χ0) is 9.61. The molecule has 4 aliphatic rings. The molecule has 4 rings (SSSR count). The van der Waals surface area contributed by atoms with Crippen LogP contribution in [0.4, 0.5) is 0 Å². The van der Waals surface area contributed by atoms with Crippen molar-refractivity contribution in [3.63, 3.8) is 0 Å². The first kappa shape index (κ1) is 7.73. The zero-order valence-corrected chi connectivity index (χ0v) is 9.09. The summed E-state index contributed by atoms with van der Waals surface area (Å²) in [5.41, 5.74) is 5.21. The monoisotopic (exact) mass is 186 g/mol. The molecule has 0 saturated heterocycles. The SMILES string of the molecule is C=C1C2CC3CC(C)C4=C(C)C(C43)C12. The van der Waals surface area contributed by atoms with Gasteiger partial charge in [-0.15, -0.1) is 0 Å². The van der Waals surface area contributed by atoms with E-state index in [-0.39, 0.29) is 0 Å². The summed E-state index contributed by atoms with van der Waals surface area (Å²) in [5.74, 6) is 5.76. The van der Waals surface area contributed by atoms with Crippen molar-refractivity contribution in [3.05, 3.63) is 23.3 Å². The van der Waals surface area contributed by atoms with Crippen LogP contribution in [-0.2, 0) is 0 Å². The third-order valence-corrected chi connectivity index (χ3v) is 5.57. The van der Waals surface area contributed by atoms with E-state index in [1.54, 1.807) is 11.1 Å². The Morgan fingerprint density at radius 1 is 1.14 bits per heavy atom. The first-order valence-corrected chi connectivity index (χ1v) is 6.09. The van der Waals surface area contributed by atoms with Gasteiger partial charge in [0.15, 0.2) is 0 Å². The number of rotatable bonds is 0. The summed E-state index contributed by atoms with van der Waals surface area (Å²) in [4.78, 5) is 0. The van der Waals surface area contributed by atoms with Gasteiger partial charge in [0, 0.05) is 0 Å². The minimum absolute atomic E-state index is 0.909. The van der Waals surface area contributed by atoms with Crippen LogP contribution in [0.5, 0.6) is 0 Å². The van der Waals surface area contributed by atoms with Crippen molar-refractivity contribution < 1.29 is 0 Å². The lowest BCUT2D eigenvalue weighted by molar-refractivity contribution is 0.191. The molecule has 0 heterocycles. The molecule has 0 radical (unpaired) electrons. The largest absolute Gasteiger partial charge is 0.0992 e. The maximum absolute atomic E-state index is 4.24. The van der Waals surface area contributed by atoms with Crippen molar-refractivity contribution in [3.8, 4) is 0 Å². The van der Waals surface area contributed by atoms with E-state index in [1.807, 2.05) is 5.57 Å². The van der Waals surface area contributed by atoms with Crippen LogP contribution in [0.3, 0.4) is 0 Å². The highest BCUT2D eigenvalue weighted by atomic mass is 14.7. The lowest BCUT2D eigenvalue weighted by atomic mass is 9.60. The molecule has 0 N–H and O–H groups in total. The second kappa shape index (κ2) is 2.03. The molecule has 0 aromatic carbocycles. The van der Waals surface area contributed by atoms with Crippen LogP contribution in [0.1, 0.15) is 26.7 Å². The Kier molecular flexibility index (Phi) is 1.12. The van der Waals surface area contributed by atoms with Crippen LogP contribution in [-0.4, -0.2) is 0 Å². The fourth-order valence-electron chi connectivity index (χ4n) is 5.06. The van der Waals surface area contributed by atoms with Crippen molar-refractivity contribution in [1.82, 2.24) is 0 Å². The maximum atomic E-state index is 4.24. The van der Waals surface area contributed by atoms with Crippen molar-refractivity contribution in [2.45, 2.75) is 26.7 Å². The molecule has 0 amide bonds. The van der Waals surface area contributed by atoms with Gasteiger partial charge in [-0.05, 0) is 55.3 Å². The minimum atomic E-state index is 0.909. The summed E-state index contributed by atoms with van der Waals surface area (Å²) in [7, 11) is 0. The van der Waals surface area contributed by atoms with E-state index in [9.17, 15) is 0 Å². The number of allylic oxidation sites excluding steroid dienone is 3. The Balaban J connectivity index is 1.83. The maximum Gasteiger partial charge on any atom is -0.00632 e. The highest BCUT2D eigenvalue weighted by molar-refractivity contribution is 5.47. The van der Waals surface area contributed by atoms with Crippen LogP contribution in [0.15, 0.2) is 23.3 Å². The first-order chi connectivity index (χ1) is 6.70. The van der Waals surface area contributed by atoms with Crippen molar-refractivity contribution in [2.24, 2.45) is 35.5 Å². The third-order valence-electron chi connectivity index (χ3n) is 5.57. The van der Waals surface area contributed by atoms with Crippen LogP contribution in [0.2, 0.25) is 0 Å². The van der Waals surface area contributed by atoms with Crippen LogP contribution >= 0.6 is 0 Å². The van der Waals surface area contributed by atoms with Crippen molar-refractivity contribution >= 4 is 0 Å². The van der Waals surface area contributed by atoms with Gasteiger partial charge in [0.05, 0.1) is 0 Å². The zero-order valence-electron chi connectivity index (χ0n) is 9.09. The molecule has 0 aromatic heterocycles. The molecule has 6 unspecified atom stereocenters. The second-order valence-corrected chi connectivity index (χ2v) is 6.03. The Bertz CT molecular complexity index is 373. The summed E-state index contributed by atoms with van der Waals surface area (Å²) >= 11 is 0. The quantitative estimate of drug-likeness (QED) is 0.509. The predicted octanol–water partition coefficient (Wildman–Crippen LogP) is 3.41. The van der Waals surface area contributed by atoms with E-state index in [2.05, 4.69) is 20.4 Å². The van der Waals surface area contributed by atoms with E-state index in [0.717, 1.165) is 35.5 Å². The molecule has 14 heavy (non-hydrogen) atoms.